The van der Waals surface area contributed by atoms with Crippen molar-refractivity contribution in [3.05, 3.63) is 77.4 Å². The minimum atomic E-state index is 0.582. The van der Waals surface area contributed by atoms with Gasteiger partial charge in [-0.1, -0.05) is 53.7 Å². The predicted molar refractivity (Wildman–Crippen MR) is 90.0 cm³/mol. The molecule has 2 nitrogen and oxygen atoms in total. The molecule has 2 aromatic carbocycles. The van der Waals surface area contributed by atoms with Gasteiger partial charge in [-0.05, 0) is 35.9 Å². The van der Waals surface area contributed by atoms with Crippen LogP contribution in [0.3, 0.4) is 0 Å². The molecule has 0 atom stereocenters. The van der Waals surface area contributed by atoms with Gasteiger partial charge in [-0.25, -0.2) is 4.98 Å². The standard InChI is InChI=1S/C18H11ClN2S/c19-14-8-6-13(7-9-14)16-10-11-21-18(17(16)12-20)22-15-4-2-1-3-5-15/h1-11H. The van der Waals surface area contributed by atoms with Gasteiger partial charge in [-0.15, -0.1) is 0 Å². The van der Waals surface area contributed by atoms with Crippen LogP contribution in [0.25, 0.3) is 11.1 Å². The molecule has 3 rings (SSSR count). The van der Waals surface area contributed by atoms with Crippen LogP contribution in [0.15, 0.2) is 76.8 Å². The van der Waals surface area contributed by atoms with E-state index in [-0.39, 0.29) is 0 Å². The van der Waals surface area contributed by atoms with Crippen LogP contribution in [0, 0.1) is 11.3 Å². The third-order valence-corrected chi connectivity index (χ3v) is 4.40. The fourth-order valence-corrected chi connectivity index (χ4v) is 3.11. The molecular weight excluding hydrogens is 312 g/mol. The second-order valence-corrected chi connectivity index (χ2v) is 6.07. The molecule has 0 amide bonds. The van der Waals surface area contributed by atoms with E-state index in [9.17, 15) is 5.26 Å². The van der Waals surface area contributed by atoms with Crippen LogP contribution in [0.5, 0.6) is 0 Å². The van der Waals surface area contributed by atoms with Crippen molar-refractivity contribution in [3.8, 4) is 17.2 Å². The Morgan fingerprint density at radius 1 is 0.955 bits per heavy atom. The zero-order valence-corrected chi connectivity index (χ0v) is 13.1. The van der Waals surface area contributed by atoms with E-state index in [1.807, 2.05) is 60.7 Å². The summed E-state index contributed by atoms with van der Waals surface area (Å²) in [5.41, 5.74) is 2.41. The highest BCUT2D eigenvalue weighted by atomic mass is 35.5. The summed E-state index contributed by atoms with van der Waals surface area (Å²) in [5.74, 6) is 0. The van der Waals surface area contributed by atoms with Crippen LogP contribution in [0.2, 0.25) is 5.02 Å². The Kier molecular flexibility index (Phi) is 4.43. The van der Waals surface area contributed by atoms with Crippen LogP contribution in [0.1, 0.15) is 5.56 Å². The molecule has 0 aliphatic rings. The van der Waals surface area contributed by atoms with Crippen LogP contribution < -0.4 is 0 Å². The Labute approximate surface area is 138 Å². The zero-order valence-electron chi connectivity index (χ0n) is 11.5. The van der Waals surface area contributed by atoms with Crippen LogP contribution in [0.4, 0.5) is 0 Å². The molecule has 22 heavy (non-hydrogen) atoms. The number of aromatic nitrogens is 1. The van der Waals surface area contributed by atoms with Gasteiger partial charge in [-0.2, -0.15) is 5.26 Å². The summed E-state index contributed by atoms with van der Waals surface area (Å²) < 4.78 is 0. The van der Waals surface area contributed by atoms with Crippen molar-refractivity contribution in [2.24, 2.45) is 0 Å². The van der Waals surface area contributed by atoms with Gasteiger partial charge >= 0.3 is 0 Å². The third kappa shape index (κ3) is 3.14. The Hall–Kier alpha value is -2.28. The molecule has 3 aromatic rings. The van der Waals surface area contributed by atoms with E-state index < -0.39 is 0 Å². The number of hydrogen-bond acceptors (Lipinski definition) is 3. The van der Waals surface area contributed by atoms with E-state index in [0.717, 1.165) is 16.0 Å². The first-order valence-corrected chi connectivity index (χ1v) is 7.85. The van der Waals surface area contributed by atoms with Gasteiger partial charge in [0.25, 0.3) is 0 Å². The number of nitrogens with zero attached hydrogens (tertiary/aromatic N) is 2. The van der Waals surface area contributed by atoms with Gasteiger partial charge in [0.05, 0.1) is 5.56 Å². The number of hydrogen-bond donors (Lipinski definition) is 0. The van der Waals surface area contributed by atoms with Crippen molar-refractivity contribution in [2.75, 3.05) is 0 Å². The number of benzene rings is 2. The molecule has 1 aromatic heterocycles. The minimum absolute atomic E-state index is 0.582. The van der Waals surface area contributed by atoms with Gasteiger partial charge in [0.15, 0.2) is 0 Å². The first-order valence-electron chi connectivity index (χ1n) is 6.66. The largest absolute Gasteiger partial charge is 0.248 e. The highest BCUT2D eigenvalue weighted by molar-refractivity contribution is 7.99. The maximum absolute atomic E-state index is 9.56. The van der Waals surface area contributed by atoms with Crippen molar-refractivity contribution in [1.29, 1.82) is 5.26 Å². The molecule has 0 radical (unpaired) electrons. The van der Waals surface area contributed by atoms with E-state index in [1.54, 1.807) is 6.20 Å². The van der Waals surface area contributed by atoms with Gasteiger partial charge in [0, 0.05) is 21.7 Å². The molecule has 0 saturated carbocycles. The molecule has 0 fully saturated rings. The maximum atomic E-state index is 9.56. The van der Waals surface area contributed by atoms with Crippen molar-refractivity contribution >= 4 is 23.4 Å². The molecule has 106 valence electrons. The average molecular weight is 323 g/mol. The summed E-state index contributed by atoms with van der Waals surface area (Å²) in [5, 5.41) is 10.9. The van der Waals surface area contributed by atoms with E-state index in [0.29, 0.717) is 15.6 Å². The van der Waals surface area contributed by atoms with Crippen molar-refractivity contribution in [2.45, 2.75) is 9.92 Å². The molecular formula is C18H11ClN2S. The second-order valence-electron chi connectivity index (χ2n) is 4.57. The third-order valence-electron chi connectivity index (χ3n) is 3.14. The highest BCUT2D eigenvalue weighted by Crippen LogP contribution is 2.33. The minimum Gasteiger partial charge on any atom is -0.248 e. The van der Waals surface area contributed by atoms with Crippen molar-refractivity contribution in [3.63, 3.8) is 0 Å². The molecule has 0 N–H and O–H groups in total. The summed E-state index contributed by atoms with van der Waals surface area (Å²) >= 11 is 7.42. The second kappa shape index (κ2) is 6.65. The van der Waals surface area contributed by atoms with E-state index in [4.69, 9.17) is 11.6 Å². The van der Waals surface area contributed by atoms with Crippen LogP contribution in [-0.2, 0) is 0 Å². The van der Waals surface area contributed by atoms with Gasteiger partial charge < -0.3 is 0 Å². The molecule has 0 saturated heterocycles. The highest BCUT2D eigenvalue weighted by Gasteiger charge is 2.12. The predicted octanol–water partition coefficient (Wildman–Crippen LogP) is 5.42. The number of rotatable bonds is 3. The summed E-state index contributed by atoms with van der Waals surface area (Å²) in [4.78, 5) is 5.42. The first kappa shape index (κ1) is 14.6. The quantitative estimate of drug-likeness (QED) is 0.645. The Bertz CT molecular complexity index is 824. The molecule has 0 spiro atoms. The molecule has 1 heterocycles. The number of pyridine rings is 1. The lowest BCUT2D eigenvalue weighted by molar-refractivity contribution is 1.11. The van der Waals surface area contributed by atoms with Gasteiger partial charge in [-0.3, -0.25) is 0 Å². The number of nitriles is 1. The lowest BCUT2D eigenvalue weighted by atomic mass is 10.0. The molecule has 0 unspecified atom stereocenters. The molecule has 4 heteroatoms. The Morgan fingerprint density at radius 2 is 1.68 bits per heavy atom. The monoisotopic (exact) mass is 322 g/mol. The summed E-state index contributed by atoms with van der Waals surface area (Å²) in [7, 11) is 0. The van der Waals surface area contributed by atoms with Crippen molar-refractivity contribution in [1.82, 2.24) is 4.98 Å². The van der Waals surface area contributed by atoms with Gasteiger partial charge in [0.2, 0.25) is 0 Å². The molecule has 0 bridgehead atoms. The lowest BCUT2D eigenvalue weighted by Crippen LogP contribution is -1.91. The SMILES string of the molecule is N#Cc1c(-c2ccc(Cl)cc2)ccnc1Sc1ccccc1. The lowest BCUT2D eigenvalue weighted by Gasteiger charge is -2.08. The topological polar surface area (TPSA) is 36.7 Å². The first-order chi connectivity index (χ1) is 10.8. The normalized spacial score (nSPS) is 10.2. The van der Waals surface area contributed by atoms with E-state index >= 15 is 0 Å². The number of halogens is 1. The van der Waals surface area contributed by atoms with Crippen LogP contribution in [-0.4, -0.2) is 4.98 Å². The van der Waals surface area contributed by atoms with Crippen LogP contribution >= 0.6 is 23.4 Å². The van der Waals surface area contributed by atoms with E-state index in [1.165, 1.54) is 11.8 Å². The summed E-state index contributed by atoms with van der Waals surface area (Å²) in [6.07, 6.45) is 1.73. The average Bonchev–Trinajstić information content (AvgIpc) is 2.56. The fourth-order valence-electron chi connectivity index (χ4n) is 2.10. The molecule has 0 aliphatic carbocycles. The maximum Gasteiger partial charge on any atom is 0.119 e. The van der Waals surface area contributed by atoms with E-state index in [2.05, 4.69) is 11.1 Å². The molecule has 0 aliphatic heterocycles. The Morgan fingerprint density at radius 3 is 2.36 bits per heavy atom. The van der Waals surface area contributed by atoms with Gasteiger partial charge in [0.1, 0.15) is 11.1 Å². The van der Waals surface area contributed by atoms with Crippen molar-refractivity contribution < 1.29 is 0 Å². The fraction of sp³-hybridized carbons (Fsp3) is 0. The smallest absolute Gasteiger partial charge is 0.119 e. The zero-order chi connectivity index (χ0) is 15.4. The summed E-state index contributed by atoms with van der Waals surface area (Å²) in [6.45, 7) is 0. The summed E-state index contributed by atoms with van der Waals surface area (Å²) in [6, 6.07) is 21.5. The Balaban J connectivity index is 2.04.